The van der Waals surface area contributed by atoms with Gasteiger partial charge in [-0.05, 0) is 64.5 Å². The van der Waals surface area contributed by atoms with Gasteiger partial charge in [0.25, 0.3) is 0 Å². The van der Waals surface area contributed by atoms with Crippen LogP contribution in [0.5, 0.6) is 0 Å². The Labute approximate surface area is 111 Å². The average molecular weight is 237 g/mol. The summed E-state index contributed by atoms with van der Waals surface area (Å²) in [5.41, 5.74) is 0. The minimum atomic E-state index is -0.433. The molecule has 2 saturated carbocycles. The molecule has 0 amide bonds. The average Bonchev–Trinajstić information content (AvgIpc) is 2.76. The molecule has 0 saturated heterocycles. The van der Waals surface area contributed by atoms with Crippen LogP contribution in [0.2, 0.25) is 0 Å². The van der Waals surface area contributed by atoms with E-state index in [0.29, 0.717) is 0 Å². The summed E-state index contributed by atoms with van der Waals surface area (Å²) in [6, 6.07) is 0. The van der Waals surface area contributed by atoms with Gasteiger partial charge < -0.3 is 0 Å². The Kier molecular flexibility index (Phi) is 3.04. The molecule has 0 aromatic carbocycles. The predicted octanol–water partition coefficient (Wildman–Crippen LogP) is 2.00. The Balaban J connectivity index is 0.000000409. The Hall–Kier alpha value is 0.189. The second-order valence-electron chi connectivity index (χ2n) is 2.06. The van der Waals surface area contributed by atoms with Crippen molar-refractivity contribution in [2.24, 2.45) is 0 Å². The van der Waals surface area contributed by atoms with E-state index in [1.54, 1.807) is 0 Å². The van der Waals surface area contributed by atoms with Crippen molar-refractivity contribution in [3.8, 4) is 0 Å². The Morgan fingerprint density at radius 2 is 1.36 bits per heavy atom. The van der Waals surface area contributed by atoms with E-state index in [1.807, 2.05) is 0 Å². The van der Waals surface area contributed by atoms with Gasteiger partial charge in [-0.1, -0.05) is 0 Å². The van der Waals surface area contributed by atoms with E-state index >= 15 is 0 Å². The smallest absolute Gasteiger partial charge is 0.299 e. The van der Waals surface area contributed by atoms with E-state index in [0.717, 1.165) is 0 Å². The van der Waals surface area contributed by atoms with Gasteiger partial charge in [0, 0.05) is 18.3 Å². The summed E-state index contributed by atoms with van der Waals surface area (Å²) >= 11 is 0. The summed E-state index contributed by atoms with van der Waals surface area (Å²) in [6.45, 7) is 1.23. The molecule has 0 heterocycles. The van der Waals surface area contributed by atoms with E-state index in [-0.39, 0.29) is 80.6 Å². The zero-order valence-electron chi connectivity index (χ0n) is 16.3. The van der Waals surface area contributed by atoms with Crippen molar-refractivity contribution in [2.75, 3.05) is 0 Å². The van der Waals surface area contributed by atoms with Crippen molar-refractivity contribution in [1.29, 1.82) is 0 Å². The number of hydrogen-bond donors (Lipinski definition) is 0. The fraction of sp³-hybridized carbons (Fsp3) is 0.0833. The van der Waals surface area contributed by atoms with Crippen molar-refractivity contribution in [3.05, 3.63) is 63.5 Å². The molecule has 0 aromatic heterocycles. The molecule has 0 N–H and O–H groups in total. The summed E-state index contributed by atoms with van der Waals surface area (Å²) in [4.78, 5) is 10.8. The molecule has 1 nitrogen and oxygen atoms in total. The molecule has 2 aliphatic carbocycles. The molecule has 72 valence electrons. The molecule has 10 radical (unpaired) electrons. The van der Waals surface area contributed by atoms with Crippen LogP contribution in [-0.2, 0) is 21.9 Å². The minimum Gasteiger partial charge on any atom is -0.299 e. The van der Waals surface area contributed by atoms with Crippen molar-refractivity contribution in [1.82, 2.24) is 0 Å². The monoisotopic (exact) mass is 237 g/mol. The first-order valence-electron chi connectivity index (χ1n) is 7.95. The van der Waals surface area contributed by atoms with Crippen molar-refractivity contribution in [2.45, 2.75) is 6.92 Å². The van der Waals surface area contributed by atoms with E-state index in [4.69, 9.17) is 12.3 Å². The zero-order chi connectivity index (χ0) is 17.4. The molecule has 0 spiro atoms. The molecule has 0 aliphatic heterocycles. The fourth-order valence-electron chi connectivity index (χ4n) is 0.551. The molecular formula is C12H12FeO+2. The van der Waals surface area contributed by atoms with E-state index in [1.165, 1.54) is 6.92 Å². The van der Waals surface area contributed by atoms with Crippen LogP contribution in [0, 0.1) is 63.5 Å². The fourth-order valence-corrected chi connectivity index (χ4v) is 0.551. The van der Waals surface area contributed by atoms with Crippen molar-refractivity contribution in [3.63, 3.8) is 0 Å². The third-order valence-electron chi connectivity index (χ3n) is 1.10. The molecule has 0 unspecified atom stereocenters. The van der Waals surface area contributed by atoms with Gasteiger partial charge in [0.15, 0.2) is 0 Å². The number of hydrogen-bond acceptors (Lipinski definition) is 1. The molecule has 2 fully saturated rings. The number of ketones is 1. The largest absolute Gasteiger partial charge is 2.00 e. The molecule has 2 aliphatic rings. The second-order valence-corrected chi connectivity index (χ2v) is 2.06. The van der Waals surface area contributed by atoms with Gasteiger partial charge in [0.2, 0.25) is 0 Å². The van der Waals surface area contributed by atoms with Crippen molar-refractivity contribution < 1.29 is 34.2 Å². The number of rotatable bonds is 1. The van der Waals surface area contributed by atoms with Gasteiger partial charge >= 0.3 is 17.1 Å². The molecular weight excluding hydrogens is 216 g/mol. The Morgan fingerprint density at radius 3 is 1.57 bits per heavy atom. The van der Waals surface area contributed by atoms with Gasteiger partial charge in [-0.2, -0.15) is 0 Å². The maximum atomic E-state index is 10.8. The van der Waals surface area contributed by atoms with Crippen LogP contribution < -0.4 is 0 Å². The quantitative estimate of drug-likeness (QED) is 0.637. The number of Topliss-reactive ketones (excluding diaryl/α,β-unsaturated/α-hetero) is 1. The molecule has 0 aromatic rings. The summed E-state index contributed by atoms with van der Waals surface area (Å²) in [6.07, 6.45) is -2.92. The zero-order valence-corrected chi connectivity index (χ0v) is 8.37. The first kappa shape index (κ1) is 5.01. The normalized spacial score (nSPS) is 42.8. The molecule has 2 heteroatoms. The number of carbonyl (C=O) groups excluding carboxylic acids is 1. The van der Waals surface area contributed by atoms with Crippen LogP contribution in [0.15, 0.2) is 0 Å². The topological polar surface area (TPSA) is 17.1 Å². The van der Waals surface area contributed by atoms with Gasteiger partial charge in [-0.15, -0.1) is 0 Å². The van der Waals surface area contributed by atoms with Crippen LogP contribution in [-0.4, -0.2) is 5.78 Å². The molecule has 0 atom stereocenters. The van der Waals surface area contributed by atoms with E-state index in [2.05, 4.69) is 0 Å². The standard InChI is InChI=1S/C7H7O.C5H5.Fe/c1-6(8)7-4-2-3-5-7;1-2-4-5-3-1;/h2-5H,1H3;1-5H;/q;;+2/i2D,3D,4D,5D;1D,2D,3D,4D,5D;. The van der Waals surface area contributed by atoms with Crippen LogP contribution in [0.25, 0.3) is 0 Å². The van der Waals surface area contributed by atoms with E-state index in [9.17, 15) is 4.79 Å². The summed E-state index contributed by atoms with van der Waals surface area (Å²) in [5, 5.41) is 0. The number of carbonyl (C=O) groups is 1. The Morgan fingerprint density at radius 1 is 1.00 bits per heavy atom. The first-order valence-corrected chi connectivity index (χ1v) is 3.45. The SMILES string of the molecule is [2H][C]1[C]([2H])[C]([2H])[C](C(C)=O)[C]1[2H].[2H][C]1[C]([2H])[C]([2H])[C]([2H])[C]1[2H].[Fe+2]. The maximum Gasteiger partial charge on any atom is 2.00 e. The Bertz CT molecular complexity index is 342. The molecule has 2 rings (SSSR count). The summed E-state index contributed by atoms with van der Waals surface area (Å²) in [7, 11) is 0. The molecule has 14 heavy (non-hydrogen) atoms. The first-order chi connectivity index (χ1) is 10.0. The predicted molar refractivity (Wildman–Crippen MR) is 52.6 cm³/mol. The van der Waals surface area contributed by atoms with Crippen LogP contribution >= 0.6 is 0 Å². The molecule has 0 bridgehead atoms. The summed E-state index contributed by atoms with van der Waals surface area (Å²) < 4.78 is 63.7. The second kappa shape index (κ2) is 8.49. The minimum absolute atomic E-state index is 0. The van der Waals surface area contributed by atoms with Gasteiger partial charge in [0.1, 0.15) is 5.78 Å². The maximum absolute atomic E-state index is 10.8. The van der Waals surface area contributed by atoms with Crippen molar-refractivity contribution >= 4 is 5.78 Å². The van der Waals surface area contributed by atoms with Crippen LogP contribution in [0.3, 0.4) is 0 Å². The van der Waals surface area contributed by atoms with E-state index < -0.39 is 5.78 Å². The third kappa shape index (κ3) is 5.82. The van der Waals surface area contributed by atoms with Gasteiger partial charge in [-0.25, -0.2) is 0 Å². The van der Waals surface area contributed by atoms with Crippen LogP contribution in [0.4, 0.5) is 0 Å². The van der Waals surface area contributed by atoms with Crippen LogP contribution in [0.1, 0.15) is 19.3 Å². The van der Waals surface area contributed by atoms with Gasteiger partial charge in [-0.3, -0.25) is 4.79 Å². The summed E-state index contributed by atoms with van der Waals surface area (Å²) in [5.74, 6) is -0.554. The third-order valence-corrected chi connectivity index (χ3v) is 1.10. The van der Waals surface area contributed by atoms with Gasteiger partial charge in [0.05, 0.1) is 0 Å².